The lowest BCUT2D eigenvalue weighted by molar-refractivity contribution is -0.124. The number of carbonyl (C=O) groups is 1. The van der Waals surface area contributed by atoms with E-state index in [1.165, 1.54) is 0 Å². The van der Waals surface area contributed by atoms with Crippen LogP contribution in [-0.4, -0.2) is 34.9 Å². The van der Waals surface area contributed by atoms with Crippen molar-refractivity contribution in [3.05, 3.63) is 0 Å². The van der Waals surface area contributed by atoms with Crippen molar-refractivity contribution >= 4 is 5.91 Å². The van der Waals surface area contributed by atoms with Gasteiger partial charge in [0.25, 0.3) is 0 Å². The van der Waals surface area contributed by atoms with Crippen LogP contribution >= 0.6 is 0 Å². The van der Waals surface area contributed by atoms with Gasteiger partial charge in [-0.05, 0) is 19.3 Å². The van der Waals surface area contributed by atoms with E-state index in [0.717, 1.165) is 12.8 Å². The maximum Gasteiger partial charge on any atom is 0.245 e. The third-order valence-electron chi connectivity index (χ3n) is 1.91. The molecule has 2 atom stereocenters. The van der Waals surface area contributed by atoms with Crippen LogP contribution in [-0.2, 0) is 4.79 Å². The summed E-state index contributed by atoms with van der Waals surface area (Å²) in [6.45, 7) is -0.466. The lowest BCUT2D eigenvalue weighted by Gasteiger charge is -2.09. The van der Waals surface area contributed by atoms with Gasteiger partial charge in [0.15, 0.2) is 0 Å². The average molecular weight is 159 g/mol. The third kappa shape index (κ3) is 2.48. The standard InChI is InChI=1S/C7H13NO3/c9-4-7(11)8-5-1-2-6(10)3-5/h5-6,9-10H,1-4H2,(H,8,11)/t5-,6+/m0/s1. The van der Waals surface area contributed by atoms with Crippen LogP contribution in [0, 0.1) is 0 Å². The van der Waals surface area contributed by atoms with Gasteiger partial charge in [-0.25, -0.2) is 0 Å². The molecule has 0 bridgehead atoms. The van der Waals surface area contributed by atoms with Crippen molar-refractivity contribution < 1.29 is 15.0 Å². The zero-order valence-corrected chi connectivity index (χ0v) is 6.29. The van der Waals surface area contributed by atoms with Crippen LogP contribution in [0.2, 0.25) is 0 Å². The van der Waals surface area contributed by atoms with E-state index in [2.05, 4.69) is 5.32 Å². The Kier molecular flexibility index (Phi) is 2.84. The summed E-state index contributed by atoms with van der Waals surface area (Å²) in [7, 11) is 0. The van der Waals surface area contributed by atoms with Crippen LogP contribution in [0.3, 0.4) is 0 Å². The predicted molar refractivity (Wildman–Crippen MR) is 38.9 cm³/mol. The molecule has 1 aliphatic carbocycles. The number of carbonyl (C=O) groups excluding carboxylic acids is 1. The molecule has 1 rings (SSSR count). The van der Waals surface area contributed by atoms with Crippen LogP contribution in [0.25, 0.3) is 0 Å². The molecular formula is C7H13NO3. The van der Waals surface area contributed by atoms with E-state index >= 15 is 0 Å². The van der Waals surface area contributed by atoms with Gasteiger partial charge in [0.05, 0.1) is 6.10 Å². The van der Waals surface area contributed by atoms with Gasteiger partial charge in [-0.3, -0.25) is 4.79 Å². The van der Waals surface area contributed by atoms with Crippen LogP contribution < -0.4 is 5.32 Å². The molecule has 11 heavy (non-hydrogen) atoms. The van der Waals surface area contributed by atoms with Gasteiger partial charge >= 0.3 is 0 Å². The van der Waals surface area contributed by atoms with Crippen LogP contribution in [0.4, 0.5) is 0 Å². The number of rotatable bonds is 2. The van der Waals surface area contributed by atoms with Gasteiger partial charge in [-0.15, -0.1) is 0 Å². The summed E-state index contributed by atoms with van der Waals surface area (Å²) in [5.41, 5.74) is 0. The highest BCUT2D eigenvalue weighted by Crippen LogP contribution is 2.18. The van der Waals surface area contributed by atoms with Crippen molar-refractivity contribution in [2.75, 3.05) is 6.61 Å². The molecule has 0 radical (unpaired) electrons. The van der Waals surface area contributed by atoms with E-state index in [1.807, 2.05) is 0 Å². The maximum atomic E-state index is 10.6. The summed E-state index contributed by atoms with van der Waals surface area (Å²) < 4.78 is 0. The fourth-order valence-electron chi connectivity index (χ4n) is 1.36. The molecule has 0 unspecified atom stereocenters. The quantitative estimate of drug-likeness (QED) is 0.484. The highest BCUT2D eigenvalue weighted by Gasteiger charge is 2.23. The zero-order chi connectivity index (χ0) is 8.27. The van der Waals surface area contributed by atoms with Crippen molar-refractivity contribution in [1.29, 1.82) is 0 Å². The van der Waals surface area contributed by atoms with Gasteiger partial charge in [0, 0.05) is 6.04 Å². The summed E-state index contributed by atoms with van der Waals surface area (Å²) in [5.74, 6) is -0.357. The van der Waals surface area contributed by atoms with Crippen molar-refractivity contribution in [3.8, 4) is 0 Å². The Bertz CT molecular complexity index is 149. The summed E-state index contributed by atoms with van der Waals surface area (Å²) >= 11 is 0. The molecule has 1 amide bonds. The SMILES string of the molecule is O=C(CO)N[C@H]1CC[C@@H](O)C1. The van der Waals surface area contributed by atoms with E-state index < -0.39 is 6.61 Å². The average Bonchev–Trinajstić information content (AvgIpc) is 2.35. The lowest BCUT2D eigenvalue weighted by atomic mass is 10.2. The topological polar surface area (TPSA) is 69.6 Å². The molecule has 64 valence electrons. The summed E-state index contributed by atoms with van der Waals surface area (Å²) in [6, 6.07) is 0.0599. The molecule has 0 aromatic heterocycles. The first-order valence-electron chi connectivity index (χ1n) is 3.80. The van der Waals surface area contributed by atoms with Crippen LogP contribution in [0.1, 0.15) is 19.3 Å². The number of aliphatic hydroxyl groups is 2. The summed E-state index contributed by atoms with van der Waals surface area (Å²) in [4.78, 5) is 10.6. The minimum Gasteiger partial charge on any atom is -0.393 e. The molecule has 1 saturated carbocycles. The van der Waals surface area contributed by atoms with Crippen LogP contribution in [0.15, 0.2) is 0 Å². The fraction of sp³-hybridized carbons (Fsp3) is 0.857. The van der Waals surface area contributed by atoms with E-state index in [1.54, 1.807) is 0 Å². The fourth-order valence-corrected chi connectivity index (χ4v) is 1.36. The number of aliphatic hydroxyl groups excluding tert-OH is 2. The number of amides is 1. The Hall–Kier alpha value is -0.610. The van der Waals surface area contributed by atoms with E-state index in [9.17, 15) is 4.79 Å². The molecule has 1 fully saturated rings. The molecule has 0 heterocycles. The third-order valence-corrected chi connectivity index (χ3v) is 1.91. The molecule has 0 saturated heterocycles. The van der Waals surface area contributed by atoms with Gasteiger partial charge in [0.2, 0.25) is 5.91 Å². The predicted octanol–water partition coefficient (Wildman–Crippen LogP) is -0.992. The highest BCUT2D eigenvalue weighted by molar-refractivity contribution is 5.77. The monoisotopic (exact) mass is 159 g/mol. The van der Waals surface area contributed by atoms with Crippen molar-refractivity contribution in [2.24, 2.45) is 0 Å². The molecule has 3 N–H and O–H groups in total. The van der Waals surface area contributed by atoms with Crippen molar-refractivity contribution in [1.82, 2.24) is 5.32 Å². The first-order valence-corrected chi connectivity index (χ1v) is 3.80. The number of nitrogens with one attached hydrogen (secondary N) is 1. The van der Waals surface area contributed by atoms with Crippen molar-refractivity contribution in [2.45, 2.75) is 31.4 Å². The van der Waals surface area contributed by atoms with E-state index in [0.29, 0.717) is 6.42 Å². The molecule has 0 aliphatic heterocycles. The van der Waals surface area contributed by atoms with Crippen LogP contribution in [0.5, 0.6) is 0 Å². The second-order valence-electron chi connectivity index (χ2n) is 2.89. The lowest BCUT2D eigenvalue weighted by Crippen LogP contribution is -2.35. The maximum absolute atomic E-state index is 10.6. The zero-order valence-electron chi connectivity index (χ0n) is 6.29. The molecule has 1 aliphatic rings. The molecule has 0 spiro atoms. The summed E-state index contributed by atoms with van der Waals surface area (Å²) in [6.07, 6.45) is 1.90. The first-order chi connectivity index (χ1) is 5.22. The number of hydrogen-bond donors (Lipinski definition) is 3. The molecular weight excluding hydrogens is 146 g/mol. The largest absolute Gasteiger partial charge is 0.393 e. The van der Waals surface area contributed by atoms with E-state index in [-0.39, 0.29) is 18.1 Å². The second-order valence-corrected chi connectivity index (χ2v) is 2.89. The Labute approximate surface area is 65.2 Å². The minimum atomic E-state index is -0.466. The normalized spacial score (nSPS) is 30.4. The Morgan fingerprint density at radius 1 is 1.55 bits per heavy atom. The molecule has 0 aromatic rings. The minimum absolute atomic E-state index is 0.0599. The molecule has 0 aromatic carbocycles. The second kappa shape index (κ2) is 3.69. The molecule has 4 heteroatoms. The Morgan fingerprint density at radius 2 is 2.27 bits per heavy atom. The van der Waals surface area contributed by atoms with E-state index in [4.69, 9.17) is 10.2 Å². The summed E-state index contributed by atoms with van der Waals surface area (Å²) in [5, 5.41) is 20.1. The highest BCUT2D eigenvalue weighted by atomic mass is 16.3. The smallest absolute Gasteiger partial charge is 0.245 e. The number of hydrogen-bond acceptors (Lipinski definition) is 3. The first kappa shape index (κ1) is 8.49. The Balaban J connectivity index is 2.23. The van der Waals surface area contributed by atoms with Gasteiger partial charge < -0.3 is 15.5 Å². The van der Waals surface area contributed by atoms with Gasteiger partial charge in [-0.1, -0.05) is 0 Å². The van der Waals surface area contributed by atoms with Gasteiger partial charge in [0.1, 0.15) is 6.61 Å². The molecule has 4 nitrogen and oxygen atoms in total. The van der Waals surface area contributed by atoms with Crippen molar-refractivity contribution in [3.63, 3.8) is 0 Å². The van der Waals surface area contributed by atoms with Gasteiger partial charge in [-0.2, -0.15) is 0 Å². The Morgan fingerprint density at radius 3 is 2.73 bits per heavy atom.